The minimum absolute atomic E-state index is 0.228. The summed E-state index contributed by atoms with van der Waals surface area (Å²) in [4.78, 5) is 9.98. The van der Waals surface area contributed by atoms with Crippen LogP contribution in [0, 0.1) is 0 Å². The second kappa shape index (κ2) is 31.6. The van der Waals surface area contributed by atoms with E-state index in [1.165, 1.54) is 165 Å². The molecule has 0 aliphatic rings. The molecule has 0 heterocycles. The lowest BCUT2D eigenvalue weighted by Crippen LogP contribution is -2.46. The minimum Gasteiger partial charge on any atom is -0.550 e. The van der Waals surface area contributed by atoms with Crippen LogP contribution < -0.4 is 5.11 Å². The Kier molecular flexibility index (Phi) is 33.0. The zero-order valence-corrected chi connectivity index (χ0v) is 26.6. The third-order valence-electron chi connectivity index (χ3n) is 7.89. The zero-order valence-electron chi connectivity index (χ0n) is 26.6. The van der Waals surface area contributed by atoms with E-state index in [-0.39, 0.29) is 6.42 Å². The van der Waals surface area contributed by atoms with Gasteiger partial charge in [0.1, 0.15) is 0 Å². The van der Waals surface area contributed by atoms with E-state index < -0.39 is 5.97 Å². The number of carboxylic acid groups (broad SMARTS) is 1. The monoisotopic (exact) mass is 526 g/mol. The van der Waals surface area contributed by atoms with E-state index in [0.717, 1.165) is 12.8 Å². The van der Waals surface area contributed by atoms with E-state index in [0.29, 0.717) is 0 Å². The fourth-order valence-electron chi connectivity index (χ4n) is 5.21. The Bertz CT molecular complexity index is 397. The van der Waals surface area contributed by atoms with Crippen molar-refractivity contribution in [3.63, 3.8) is 0 Å². The summed E-state index contributed by atoms with van der Waals surface area (Å²) in [6.45, 7) is 13.4. The molecule has 0 fully saturated rings. The first-order valence-corrected chi connectivity index (χ1v) is 17.0. The van der Waals surface area contributed by atoms with Crippen LogP contribution in [0.4, 0.5) is 0 Å². The van der Waals surface area contributed by atoms with Crippen LogP contribution in [0.3, 0.4) is 0 Å². The van der Waals surface area contributed by atoms with Gasteiger partial charge < -0.3 is 14.4 Å². The number of aliphatic carboxylic acids is 1. The van der Waals surface area contributed by atoms with E-state index in [1.54, 1.807) is 0 Å². The predicted molar refractivity (Wildman–Crippen MR) is 164 cm³/mol. The molecule has 0 saturated heterocycles. The van der Waals surface area contributed by atoms with E-state index in [1.807, 2.05) is 0 Å². The molecule has 3 heteroatoms. The number of hydrogen-bond donors (Lipinski definition) is 0. The topological polar surface area (TPSA) is 40.1 Å². The molecule has 0 aromatic rings. The van der Waals surface area contributed by atoms with Gasteiger partial charge in [-0.05, 0) is 51.4 Å². The van der Waals surface area contributed by atoms with Gasteiger partial charge in [-0.15, -0.1) is 0 Å². The average Bonchev–Trinajstić information content (AvgIpc) is 2.88. The van der Waals surface area contributed by atoms with Gasteiger partial charge in [-0.1, -0.05) is 137 Å². The van der Waals surface area contributed by atoms with Crippen LogP contribution in [0.15, 0.2) is 0 Å². The molecule has 3 nitrogen and oxygen atoms in total. The normalized spacial score (nSPS) is 11.4. The molecule has 0 bridgehead atoms. The molecule has 0 aromatic carbocycles. The largest absolute Gasteiger partial charge is 0.550 e. The quantitative estimate of drug-likeness (QED) is 0.0753. The summed E-state index contributed by atoms with van der Waals surface area (Å²) >= 11 is 0. The first-order chi connectivity index (χ1) is 18.0. The maximum atomic E-state index is 9.98. The molecule has 0 amide bonds. The highest BCUT2D eigenvalue weighted by Crippen LogP contribution is 2.16. The van der Waals surface area contributed by atoms with Crippen molar-refractivity contribution in [1.29, 1.82) is 0 Å². The van der Waals surface area contributed by atoms with E-state index >= 15 is 0 Å². The standard InChI is InChI=1S/C25H54N.C9H18O2/c1-5-8-11-14-17-20-23-26(4,24-21-18-15-12-9-6-2)25-22-19-16-13-10-7-3;1-2-3-4-5-6-7-8-9(10)11/h5-25H2,1-4H3;2-8H2,1H3,(H,10,11)/q+1;/p-1. The van der Waals surface area contributed by atoms with Gasteiger partial charge in [0.15, 0.2) is 0 Å². The molecule has 0 unspecified atom stereocenters. The molecule has 0 radical (unpaired) electrons. The van der Waals surface area contributed by atoms with E-state index in [9.17, 15) is 9.90 Å². The number of unbranched alkanes of at least 4 members (excludes halogenated alkanes) is 20. The molecule has 0 aliphatic carbocycles. The number of carboxylic acids is 1. The molecular weight excluding hydrogens is 454 g/mol. The van der Waals surface area contributed by atoms with E-state index in [2.05, 4.69) is 34.7 Å². The molecule has 0 N–H and O–H groups in total. The highest BCUT2D eigenvalue weighted by Gasteiger charge is 2.20. The summed E-state index contributed by atoms with van der Waals surface area (Å²) in [5.41, 5.74) is 0. The Morgan fingerprint density at radius 2 is 0.676 bits per heavy atom. The molecule has 0 aliphatic heterocycles. The Labute approximate surface area is 235 Å². The number of quaternary nitrogens is 1. The highest BCUT2D eigenvalue weighted by molar-refractivity contribution is 5.64. The van der Waals surface area contributed by atoms with Crippen LogP contribution in [0.5, 0.6) is 0 Å². The molecule has 37 heavy (non-hydrogen) atoms. The summed E-state index contributed by atoms with van der Waals surface area (Å²) in [7, 11) is 2.56. The van der Waals surface area contributed by atoms with Crippen molar-refractivity contribution < 1.29 is 14.4 Å². The molecule has 224 valence electrons. The second-order valence-corrected chi connectivity index (χ2v) is 12.0. The van der Waals surface area contributed by atoms with Gasteiger partial charge in [-0.2, -0.15) is 0 Å². The number of carbonyl (C=O) groups is 1. The van der Waals surface area contributed by atoms with Crippen molar-refractivity contribution in [2.75, 3.05) is 26.7 Å². The first kappa shape index (κ1) is 38.6. The summed E-state index contributed by atoms with van der Waals surface area (Å²) in [5.74, 6) is -0.916. The molecular formula is C34H71NO2. The SMILES string of the molecule is CCCCCCCCC(=O)[O-].CCCCCCCC[N+](C)(CCCCCCCC)CCCCCCCC. The lowest BCUT2D eigenvalue weighted by Gasteiger charge is -2.35. The fraction of sp³-hybridized carbons (Fsp3) is 0.971. The molecule has 0 atom stereocenters. The van der Waals surface area contributed by atoms with Crippen molar-refractivity contribution in [2.45, 2.75) is 188 Å². The fourth-order valence-corrected chi connectivity index (χ4v) is 5.21. The first-order valence-electron chi connectivity index (χ1n) is 17.0. The molecule has 0 aromatic heterocycles. The van der Waals surface area contributed by atoms with Crippen molar-refractivity contribution in [3.05, 3.63) is 0 Å². The second-order valence-electron chi connectivity index (χ2n) is 12.0. The molecule has 0 spiro atoms. The van der Waals surface area contributed by atoms with Gasteiger partial charge >= 0.3 is 0 Å². The Morgan fingerprint density at radius 3 is 0.946 bits per heavy atom. The van der Waals surface area contributed by atoms with Crippen molar-refractivity contribution in [1.82, 2.24) is 0 Å². The lowest BCUT2D eigenvalue weighted by atomic mass is 10.1. The van der Waals surface area contributed by atoms with Crippen LogP contribution in [0.25, 0.3) is 0 Å². The minimum atomic E-state index is -0.916. The maximum Gasteiger partial charge on any atom is 0.0784 e. The van der Waals surface area contributed by atoms with Gasteiger partial charge in [-0.3, -0.25) is 0 Å². The van der Waals surface area contributed by atoms with Crippen LogP contribution in [0.2, 0.25) is 0 Å². The maximum absolute atomic E-state index is 9.98. The Morgan fingerprint density at radius 1 is 0.432 bits per heavy atom. The number of carbonyl (C=O) groups excluding carboxylic acids is 1. The van der Waals surface area contributed by atoms with Gasteiger partial charge in [0, 0.05) is 5.97 Å². The zero-order chi connectivity index (χ0) is 27.9. The van der Waals surface area contributed by atoms with Crippen LogP contribution >= 0.6 is 0 Å². The van der Waals surface area contributed by atoms with Crippen molar-refractivity contribution >= 4 is 5.97 Å². The van der Waals surface area contributed by atoms with Gasteiger partial charge in [0.2, 0.25) is 0 Å². The highest BCUT2D eigenvalue weighted by atomic mass is 16.4. The van der Waals surface area contributed by atoms with Gasteiger partial charge in [0.25, 0.3) is 0 Å². The smallest absolute Gasteiger partial charge is 0.0784 e. The summed E-state index contributed by atoms with van der Waals surface area (Å²) in [6, 6.07) is 0. The van der Waals surface area contributed by atoms with Crippen LogP contribution in [0.1, 0.15) is 188 Å². The summed E-state index contributed by atoms with van der Waals surface area (Å²) < 4.78 is 1.36. The number of nitrogens with zero attached hydrogens (tertiary/aromatic N) is 1. The average molecular weight is 526 g/mol. The van der Waals surface area contributed by atoms with Gasteiger partial charge in [-0.25, -0.2) is 0 Å². The number of hydrogen-bond acceptors (Lipinski definition) is 2. The van der Waals surface area contributed by atoms with Crippen LogP contribution in [-0.2, 0) is 4.79 Å². The predicted octanol–water partition coefficient (Wildman–Crippen LogP) is 10.0. The third kappa shape index (κ3) is 33.4. The molecule has 0 saturated carbocycles. The summed E-state index contributed by atoms with van der Waals surface area (Å²) in [6.07, 6.45) is 32.8. The summed E-state index contributed by atoms with van der Waals surface area (Å²) in [5, 5.41) is 9.98. The Balaban J connectivity index is 0. The number of rotatable bonds is 28. The van der Waals surface area contributed by atoms with Crippen molar-refractivity contribution in [3.8, 4) is 0 Å². The lowest BCUT2D eigenvalue weighted by molar-refractivity contribution is -0.910. The van der Waals surface area contributed by atoms with Gasteiger partial charge in [0.05, 0.1) is 26.7 Å². The van der Waals surface area contributed by atoms with Crippen LogP contribution in [-0.4, -0.2) is 37.1 Å². The van der Waals surface area contributed by atoms with Crippen molar-refractivity contribution in [2.24, 2.45) is 0 Å². The third-order valence-corrected chi connectivity index (χ3v) is 7.89. The molecule has 0 rings (SSSR count). The van der Waals surface area contributed by atoms with E-state index in [4.69, 9.17) is 0 Å². The Hall–Kier alpha value is -0.570.